The smallest absolute Gasteiger partial charge is 0.326 e. The number of carboxylic acid groups (broad SMARTS) is 2. The quantitative estimate of drug-likeness (QED) is 0.614. The van der Waals surface area contributed by atoms with Crippen LogP contribution in [0.25, 0.3) is 0 Å². The Morgan fingerprint density at radius 2 is 1.69 bits per heavy atom. The summed E-state index contributed by atoms with van der Waals surface area (Å²) in [5, 5.41) is 18.6. The number of carboxylic acids is 2. The summed E-state index contributed by atoms with van der Waals surface area (Å²) in [6.07, 6.45) is 0.158. The SMILES string of the molecule is CC(C)(C)CCN(C(=O)C(N)CC(=O)O)C(Cc1ccccc1)C(=O)O. The summed E-state index contributed by atoms with van der Waals surface area (Å²) in [4.78, 5) is 36.7. The number of benzene rings is 1. The molecule has 0 saturated carbocycles. The molecule has 2 unspecified atom stereocenters. The van der Waals surface area contributed by atoms with Gasteiger partial charge in [-0.2, -0.15) is 0 Å². The van der Waals surface area contributed by atoms with E-state index >= 15 is 0 Å². The Bertz CT molecular complexity index is 625. The molecule has 0 fully saturated rings. The maximum absolute atomic E-state index is 12.7. The molecule has 0 aliphatic carbocycles. The van der Waals surface area contributed by atoms with Crippen molar-refractivity contribution in [3.05, 3.63) is 35.9 Å². The fourth-order valence-corrected chi connectivity index (χ4v) is 2.53. The lowest BCUT2D eigenvalue weighted by Crippen LogP contribution is -2.53. The molecule has 7 heteroatoms. The van der Waals surface area contributed by atoms with Crippen molar-refractivity contribution in [2.45, 2.75) is 52.1 Å². The highest BCUT2D eigenvalue weighted by Gasteiger charge is 2.34. The first-order valence-corrected chi connectivity index (χ1v) is 8.56. The Hall–Kier alpha value is -2.41. The molecule has 1 aromatic rings. The van der Waals surface area contributed by atoms with Crippen molar-refractivity contribution in [3.8, 4) is 0 Å². The highest BCUT2D eigenvalue weighted by molar-refractivity contribution is 5.89. The molecule has 144 valence electrons. The fourth-order valence-electron chi connectivity index (χ4n) is 2.53. The van der Waals surface area contributed by atoms with Gasteiger partial charge in [0.15, 0.2) is 0 Å². The first-order valence-electron chi connectivity index (χ1n) is 8.56. The Labute approximate surface area is 153 Å². The highest BCUT2D eigenvalue weighted by Crippen LogP contribution is 2.21. The largest absolute Gasteiger partial charge is 0.481 e. The molecule has 1 amide bonds. The van der Waals surface area contributed by atoms with E-state index in [1.54, 1.807) is 24.3 Å². The maximum atomic E-state index is 12.7. The third-order valence-electron chi connectivity index (χ3n) is 4.03. The van der Waals surface area contributed by atoms with Gasteiger partial charge in [0.2, 0.25) is 5.91 Å². The van der Waals surface area contributed by atoms with Crippen molar-refractivity contribution in [1.29, 1.82) is 0 Å². The number of nitrogens with two attached hydrogens (primary N) is 1. The molecule has 0 aliphatic rings. The van der Waals surface area contributed by atoms with E-state index in [-0.39, 0.29) is 18.4 Å². The van der Waals surface area contributed by atoms with Crippen molar-refractivity contribution in [3.63, 3.8) is 0 Å². The van der Waals surface area contributed by atoms with Gasteiger partial charge < -0.3 is 20.8 Å². The van der Waals surface area contributed by atoms with Crippen LogP contribution in [0.5, 0.6) is 0 Å². The second-order valence-electron chi connectivity index (χ2n) is 7.59. The van der Waals surface area contributed by atoms with Gasteiger partial charge in [0.25, 0.3) is 0 Å². The summed E-state index contributed by atoms with van der Waals surface area (Å²) in [7, 11) is 0. The second-order valence-corrected chi connectivity index (χ2v) is 7.59. The van der Waals surface area contributed by atoms with Crippen molar-refractivity contribution in [2.24, 2.45) is 11.1 Å². The lowest BCUT2D eigenvalue weighted by molar-refractivity contribution is -0.152. The van der Waals surface area contributed by atoms with E-state index in [0.717, 1.165) is 5.56 Å². The average molecular weight is 364 g/mol. The van der Waals surface area contributed by atoms with E-state index < -0.39 is 36.4 Å². The zero-order chi connectivity index (χ0) is 19.9. The van der Waals surface area contributed by atoms with Gasteiger partial charge in [0, 0.05) is 13.0 Å². The van der Waals surface area contributed by atoms with Gasteiger partial charge >= 0.3 is 11.9 Å². The van der Waals surface area contributed by atoms with E-state index in [4.69, 9.17) is 10.8 Å². The third kappa shape index (κ3) is 7.23. The Morgan fingerprint density at radius 3 is 2.15 bits per heavy atom. The number of nitrogens with zero attached hydrogens (tertiary/aromatic N) is 1. The van der Waals surface area contributed by atoms with Gasteiger partial charge in [-0.25, -0.2) is 4.79 Å². The van der Waals surface area contributed by atoms with Crippen LogP contribution in [-0.4, -0.2) is 51.6 Å². The van der Waals surface area contributed by atoms with E-state index in [0.29, 0.717) is 6.42 Å². The molecule has 0 saturated heterocycles. The molecule has 0 radical (unpaired) electrons. The number of hydrogen-bond donors (Lipinski definition) is 3. The Balaban J connectivity index is 3.09. The summed E-state index contributed by atoms with van der Waals surface area (Å²) in [5.74, 6) is -2.99. The topological polar surface area (TPSA) is 121 Å². The molecular formula is C19H28N2O5. The number of hydrogen-bond acceptors (Lipinski definition) is 4. The zero-order valence-electron chi connectivity index (χ0n) is 15.5. The number of carbonyl (C=O) groups excluding carboxylic acids is 1. The van der Waals surface area contributed by atoms with E-state index in [2.05, 4.69) is 0 Å². The number of rotatable bonds is 9. The van der Waals surface area contributed by atoms with Crippen molar-refractivity contribution in [2.75, 3.05) is 6.54 Å². The van der Waals surface area contributed by atoms with Crippen molar-refractivity contribution < 1.29 is 24.6 Å². The van der Waals surface area contributed by atoms with Crippen LogP contribution in [-0.2, 0) is 20.8 Å². The summed E-state index contributed by atoms with van der Waals surface area (Å²) in [6.45, 7) is 6.15. The van der Waals surface area contributed by atoms with Crippen molar-refractivity contribution >= 4 is 17.8 Å². The van der Waals surface area contributed by atoms with Gasteiger partial charge in [0.1, 0.15) is 6.04 Å². The van der Waals surface area contributed by atoms with Crippen LogP contribution in [0.3, 0.4) is 0 Å². The normalized spacial score (nSPS) is 13.7. The van der Waals surface area contributed by atoms with Crippen LogP contribution in [0.2, 0.25) is 0 Å². The third-order valence-corrected chi connectivity index (χ3v) is 4.03. The van der Waals surface area contributed by atoms with Gasteiger partial charge in [0.05, 0.1) is 12.5 Å². The zero-order valence-corrected chi connectivity index (χ0v) is 15.5. The van der Waals surface area contributed by atoms with Crippen LogP contribution in [0.4, 0.5) is 0 Å². The van der Waals surface area contributed by atoms with Crippen LogP contribution in [0.15, 0.2) is 30.3 Å². The first-order chi connectivity index (χ1) is 12.0. The van der Waals surface area contributed by atoms with E-state index in [9.17, 15) is 19.5 Å². The predicted octanol–water partition coefficient (Wildman–Crippen LogP) is 1.75. The molecule has 7 nitrogen and oxygen atoms in total. The molecule has 0 aliphatic heterocycles. The van der Waals surface area contributed by atoms with E-state index in [1.165, 1.54) is 4.90 Å². The summed E-state index contributed by atoms with van der Waals surface area (Å²) >= 11 is 0. The molecule has 2 atom stereocenters. The Kier molecular flexibility index (Phi) is 7.76. The minimum Gasteiger partial charge on any atom is -0.481 e. The predicted molar refractivity (Wildman–Crippen MR) is 97.6 cm³/mol. The number of carbonyl (C=O) groups is 3. The minimum atomic E-state index is -1.27. The lowest BCUT2D eigenvalue weighted by atomic mass is 9.91. The molecule has 0 aromatic heterocycles. The fraction of sp³-hybridized carbons (Fsp3) is 0.526. The summed E-state index contributed by atoms with van der Waals surface area (Å²) in [5.41, 5.74) is 6.38. The van der Waals surface area contributed by atoms with Gasteiger partial charge in [-0.3, -0.25) is 9.59 Å². The molecule has 0 bridgehead atoms. The highest BCUT2D eigenvalue weighted by atomic mass is 16.4. The molecular weight excluding hydrogens is 336 g/mol. The summed E-state index contributed by atoms with van der Waals surface area (Å²) < 4.78 is 0. The first kappa shape index (κ1) is 21.6. The number of aliphatic carboxylic acids is 2. The van der Waals surface area contributed by atoms with Crippen molar-refractivity contribution in [1.82, 2.24) is 4.90 Å². The molecule has 4 N–H and O–H groups in total. The molecule has 0 heterocycles. The minimum absolute atomic E-state index is 0.120. The van der Waals surface area contributed by atoms with Gasteiger partial charge in [-0.15, -0.1) is 0 Å². The lowest BCUT2D eigenvalue weighted by Gasteiger charge is -2.33. The number of amides is 1. The van der Waals surface area contributed by atoms with Gasteiger partial charge in [-0.1, -0.05) is 51.1 Å². The summed E-state index contributed by atoms with van der Waals surface area (Å²) in [6, 6.07) is 6.62. The molecule has 0 spiro atoms. The van der Waals surface area contributed by atoms with E-state index in [1.807, 2.05) is 26.8 Å². The second kappa shape index (κ2) is 9.33. The molecule has 1 rings (SSSR count). The van der Waals surface area contributed by atoms with Crippen LogP contribution in [0, 0.1) is 5.41 Å². The van der Waals surface area contributed by atoms with Crippen LogP contribution >= 0.6 is 0 Å². The average Bonchev–Trinajstić information content (AvgIpc) is 2.52. The van der Waals surface area contributed by atoms with Gasteiger partial charge in [-0.05, 0) is 17.4 Å². The van der Waals surface area contributed by atoms with Crippen LogP contribution < -0.4 is 5.73 Å². The Morgan fingerprint density at radius 1 is 1.12 bits per heavy atom. The monoisotopic (exact) mass is 364 g/mol. The molecule has 26 heavy (non-hydrogen) atoms. The maximum Gasteiger partial charge on any atom is 0.326 e. The standard InChI is InChI=1S/C19H28N2O5/c1-19(2,3)9-10-21(17(24)14(20)12-16(22)23)15(18(25)26)11-13-7-5-4-6-8-13/h4-8,14-15H,9-12,20H2,1-3H3,(H,22,23)(H,25,26). The molecule has 1 aromatic carbocycles. The van der Waals surface area contributed by atoms with Crippen LogP contribution in [0.1, 0.15) is 39.2 Å².